The van der Waals surface area contributed by atoms with Crippen molar-refractivity contribution in [2.45, 2.75) is 90.6 Å². The van der Waals surface area contributed by atoms with Crippen LogP contribution in [-0.2, 0) is 10.8 Å². The van der Waals surface area contributed by atoms with Crippen LogP contribution in [0, 0.1) is 0 Å². The zero-order valence-corrected chi connectivity index (χ0v) is 23.0. The molecule has 2 aromatic heterocycles. The van der Waals surface area contributed by atoms with Crippen molar-refractivity contribution in [3.05, 3.63) is 36.4 Å². The molecule has 0 radical (unpaired) electrons. The van der Waals surface area contributed by atoms with Crippen molar-refractivity contribution in [3.8, 4) is 5.69 Å². The average Bonchev–Trinajstić information content (AvgIpc) is 3.50. The lowest BCUT2D eigenvalue weighted by Crippen LogP contribution is -2.48. The SMILES string of the molecule is CC[Si](CC)(CC)OCCCc1c([Si](CC)(CC)CC)[nH]c2ccc(-n3cnnc3)cc12. The Balaban J connectivity index is 1.96. The third-order valence-electron chi connectivity index (χ3n) is 8.08. The fourth-order valence-corrected chi connectivity index (χ4v) is 11.9. The van der Waals surface area contributed by atoms with E-state index in [4.69, 9.17) is 4.43 Å². The van der Waals surface area contributed by atoms with Crippen molar-refractivity contribution in [1.29, 1.82) is 0 Å². The summed E-state index contributed by atoms with van der Waals surface area (Å²) in [5.41, 5.74) is 3.92. The first-order chi connectivity index (χ1) is 15.5. The van der Waals surface area contributed by atoms with Gasteiger partial charge in [-0.25, -0.2) is 0 Å². The van der Waals surface area contributed by atoms with Gasteiger partial charge in [-0.15, -0.1) is 10.2 Å². The molecule has 0 spiro atoms. The monoisotopic (exact) mass is 470 g/mol. The number of fused-ring (bicyclic) bond motifs is 1. The summed E-state index contributed by atoms with van der Waals surface area (Å²) in [6, 6.07) is 14.2. The minimum absolute atomic E-state index is 0.887. The fraction of sp³-hybridized carbons (Fsp3) is 0.600. The molecule has 0 aliphatic carbocycles. The van der Waals surface area contributed by atoms with Crippen molar-refractivity contribution < 1.29 is 4.43 Å². The van der Waals surface area contributed by atoms with Crippen LogP contribution in [0.15, 0.2) is 30.9 Å². The highest BCUT2D eigenvalue weighted by atomic mass is 28.4. The first kappa shape index (κ1) is 24.9. The summed E-state index contributed by atoms with van der Waals surface area (Å²) in [5.74, 6) is 0. The second kappa shape index (κ2) is 10.9. The molecule has 176 valence electrons. The highest BCUT2D eigenvalue weighted by molar-refractivity contribution is 6.91. The van der Waals surface area contributed by atoms with E-state index in [1.165, 1.54) is 52.7 Å². The molecule has 0 bridgehead atoms. The van der Waals surface area contributed by atoms with Gasteiger partial charge in [-0.05, 0) is 54.7 Å². The fourth-order valence-electron chi connectivity index (χ4n) is 5.32. The summed E-state index contributed by atoms with van der Waals surface area (Å²) >= 11 is 0. The molecule has 0 aliphatic rings. The van der Waals surface area contributed by atoms with Gasteiger partial charge < -0.3 is 9.41 Å². The second-order valence-corrected chi connectivity index (χ2v) is 19.1. The molecular formula is C25H42N4OSi2. The van der Waals surface area contributed by atoms with Crippen LogP contribution in [0.5, 0.6) is 0 Å². The zero-order chi connectivity index (χ0) is 23.2. The molecule has 7 heteroatoms. The molecule has 0 amide bonds. The van der Waals surface area contributed by atoms with E-state index < -0.39 is 16.4 Å². The third kappa shape index (κ3) is 4.80. The van der Waals surface area contributed by atoms with E-state index in [0.717, 1.165) is 25.1 Å². The van der Waals surface area contributed by atoms with Crippen LogP contribution >= 0.6 is 0 Å². The van der Waals surface area contributed by atoms with Crippen LogP contribution in [0.1, 0.15) is 53.5 Å². The van der Waals surface area contributed by atoms with E-state index >= 15 is 0 Å². The van der Waals surface area contributed by atoms with Gasteiger partial charge in [-0.3, -0.25) is 4.57 Å². The Morgan fingerprint density at radius 3 is 2.06 bits per heavy atom. The molecule has 3 rings (SSSR count). The molecule has 3 aromatic rings. The topological polar surface area (TPSA) is 55.7 Å². The van der Waals surface area contributed by atoms with Crippen molar-refractivity contribution in [3.63, 3.8) is 0 Å². The number of aromatic amines is 1. The quantitative estimate of drug-likeness (QED) is 0.232. The predicted octanol–water partition coefficient (Wildman–Crippen LogP) is 6.42. The maximum Gasteiger partial charge on any atom is 0.191 e. The minimum atomic E-state index is -1.54. The first-order valence-corrected chi connectivity index (χ1v) is 17.8. The normalized spacial score (nSPS) is 12.7. The number of aryl methyl sites for hydroxylation is 1. The van der Waals surface area contributed by atoms with Gasteiger partial charge in [-0.2, -0.15) is 0 Å². The Kier molecular flexibility index (Phi) is 8.52. The van der Waals surface area contributed by atoms with Crippen molar-refractivity contribution in [1.82, 2.24) is 19.7 Å². The Bertz CT molecular complexity index is 959. The Morgan fingerprint density at radius 1 is 0.875 bits per heavy atom. The number of rotatable bonds is 13. The van der Waals surface area contributed by atoms with E-state index in [-0.39, 0.29) is 0 Å². The molecule has 0 unspecified atom stereocenters. The molecule has 0 saturated carbocycles. The summed E-state index contributed by atoms with van der Waals surface area (Å²) in [6.07, 6.45) is 5.72. The van der Waals surface area contributed by atoms with E-state index in [1.54, 1.807) is 18.0 Å². The lowest BCUT2D eigenvalue weighted by Gasteiger charge is -2.29. The predicted molar refractivity (Wildman–Crippen MR) is 142 cm³/mol. The van der Waals surface area contributed by atoms with E-state index in [2.05, 4.69) is 74.9 Å². The van der Waals surface area contributed by atoms with Gasteiger partial charge >= 0.3 is 0 Å². The van der Waals surface area contributed by atoms with Crippen molar-refractivity contribution >= 4 is 32.6 Å². The summed E-state index contributed by atoms with van der Waals surface area (Å²) in [4.78, 5) is 3.91. The largest absolute Gasteiger partial charge is 0.417 e. The molecule has 1 aromatic carbocycles. The summed E-state index contributed by atoms with van der Waals surface area (Å²) in [5, 5.41) is 10.9. The standard InChI is InChI=1S/C25H42N4OSi2/c1-7-31(8-2,9-3)25-22(14-13-17-30-32(10-4,11-5)12-6)23-18-21(15-16-24(23)28-25)29-19-26-27-20-29/h15-16,18-20,28H,7-14,17H2,1-6H3. The van der Waals surface area contributed by atoms with Crippen molar-refractivity contribution in [2.75, 3.05) is 6.61 Å². The summed E-state index contributed by atoms with van der Waals surface area (Å²) in [7, 11) is -3.07. The van der Waals surface area contributed by atoms with Gasteiger partial charge in [0.15, 0.2) is 8.32 Å². The summed E-state index contributed by atoms with van der Waals surface area (Å²) < 4.78 is 8.59. The molecule has 0 fully saturated rings. The molecular weight excluding hydrogens is 428 g/mol. The molecule has 5 nitrogen and oxygen atoms in total. The molecule has 0 atom stereocenters. The maximum absolute atomic E-state index is 6.59. The van der Waals surface area contributed by atoms with Crippen LogP contribution in [0.2, 0.25) is 36.3 Å². The van der Waals surface area contributed by atoms with Crippen LogP contribution in [-0.4, -0.2) is 42.7 Å². The molecule has 2 heterocycles. The molecule has 32 heavy (non-hydrogen) atoms. The lowest BCUT2D eigenvalue weighted by molar-refractivity contribution is 0.293. The van der Waals surface area contributed by atoms with Crippen LogP contribution in [0.25, 0.3) is 16.6 Å². The van der Waals surface area contributed by atoms with Crippen LogP contribution < -0.4 is 5.32 Å². The van der Waals surface area contributed by atoms with Gasteiger partial charge in [0.05, 0.1) is 0 Å². The number of nitrogens with zero attached hydrogens (tertiary/aromatic N) is 3. The Morgan fingerprint density at radius 2 is 1.50 bits per heavy atom. The smallest absolute Gasteiger partial charge is 0.191 e. The third-order valence-corrected chi connectivity index (χ3v) is 18.3. The van der Waals surface area contributed by atoms with Crippen molar-refractivity contribution in [2.24, 2.45) is 0 Å². The molecule has 0 aliphatic heterocycles. The number of aromatic nitrogens is 4. The number of H-pyrrole nitrogens is 1. The zero-order valence-electron chi connectivity index (χ0n) is 21.0. The average molecular weight is 471 g/mol. The molecule has 1 N–H and O–H groups in total. The summed E-state index contributed by atoms with van der Waals surface area (Å²) in [6.45, 7) is 15.0. The number of hydrogen-bond donors (Lipinski definition) is 1. The van der Waals surface area contributed by atoms with E-state index in [0.29, 0.717) is 0 Å². The maximum atomic E-state index is 6.59. The van der Waals surface area contributed by atoms with Crippen LogP contribution in [0.4, 0.5) is 0 Å². The Hall–Kier alpha value is -1.71. The number of nitrogens with one attached hydrogen (secondary N) is 1. The van der Waals surface area contributed by atoms with Gasteiger partial charge in [0.1, 0.15) is 20.7 Å². The second-order valence-electron chi connectivity index (χ2n) is 9.11. The van der Waals surface area contributed by atoms with Gasteiger partial charge in [0, 0.05) is 28.5 Å². The van der Waals surface area contributed by atoms with Gasteiger partial charge in [0.2, 0.25) is 0 Å². The number of hydrogen-bond acceptors (Lipinski definition) is 3. The van der Waals surface area contributed by atoms with E-state index in [1.807, 2.05) is 4.57 Å². The lowest BCUT2D eigenvalue weighted by atomic mass is 10.1. The number of benzene rings is 1. The van der Waals surface area contributed by atoms with Crippen LogP contribution in [0.3, 0.4) is 0 Å². The highest BCUT2D eigenvalue weighted by Gasteiger charge is 2.34. The van der Waals surface area contributed by atoms with Gasteiger partial charge in [0.25, 0.3) is 0 Å². The Labute approximate surface area is 196 Å². The minimum Gasteiger partial charge on any atom is -0.417 e. The molecule has 0 saturated heterocycles. The van der Waals surface area contributed by atoms with E-state index in [9.17, 15) is 0 Å². The first-order valence-electron chi connectivity index (χ1n) is 12.7. The van der Waals surface area contributed by atoms with Gasteiger partial charge in [-0.1, -0.05) is 59.7 Å². The highest BCUT2D eigenvalue weighted by Crippen LogP contribution is 2.29.